The van der Waals surface area contributed by atoms with Crippen LogP contribution in [0.1, 0.15) is 21.6 Å². The Hall–Kier alpha value is -4.53. The largest absolute Gasteiger partial charge is 0.304 e. The van der Waals surface area contributed by atoms with Crippen molar-refractivity contribution in [2.75, 3.05) is 5.32 Å². The Labute approximate surface area is 183 Å². The molecule has 5 rings (SSSR count). The molecule has 1 amide bonds. The van der Waals surface area contributed by atoms with Crippen molar-refractivity contribution in [3.05, 3.63) is 78.4 Å². The first kappa shape index (κ1) is 19.4. The van der Waals surface area contributed by atoms with Crippen molar-refractivity contribution >= 4 is 23.4 Å². The highest BCUT2D eigenvalue weighted by molar-refractivity contribution is 6.03. The number of hydrogen-bond acceptors (Lipinski definition) is 5. The van der Waals surface area contributed by atoms with Gasteiger partial charge in [-0.25, -0.2) is 9.50 Å². The average molecular weight is 424 g/mol. The van der Waals surface area contributed by atoms with Gasteiger partial charge in [0.25, 0.3) is 5.91 Å². The summed E-state index contributed by atoms with van der Waals surface area (Å²) < 4.78 is 3.41. The Morgan fingerprint density at radius 1 is 1.12 bits per heavy atom. The Kier molecular flexibility index (Phi) is 4.63. The van der Waals surface area contributed by atoms with Gasteiger partial charge in [0.05, 0.1) is 18.1 Å². The van der Waals surface area contributed by atoms with Gasteiger partial charge in [-0.2, -0.15) is 15.3 Å². The number of imidazole rings is 1. The highest BCUT2D eigenvalue weighted by atomic mass is 16.2. The SMILES string of the molecule is C=Cc1ccc(-c2nn(C)cc2-c2ccc3nc(NC(=O)c4[nH]ncc4C)cn3n2)cc1. The van der Waals surface area contributed by atoms with Crippen LogP contribution in [0.3, 0.4) is 0 Å². The third-order valence-electron chi connectivity index (χ3n) is 5.14. The number of benzene rings is 1. The first-order valence-corrected chi connectivity index (χ1v) is 9.96. The van der Waals surface area contributed by atoms with Gasteiger partial charge in [0.15, 0.2) is 11.5 Å². The van der Waals surface area contributed by atoms with E-state index in [0.717, 1.165) is 33.6 Å². The standard InChI is InChI=1S/C23H20N8O/c1-4-15-5-7-16(8-6-15)22-17(12-30(3)29-22)18-9-10-20-25-19(13-31(20)28-18)26-23(32)21-14(2)11-24-27-21/h4-13H,1H2,2-3H3,(H,24,27)(H,26,32). The van der Waals surface area contributed by atoms with E-state index in [1.54, 1.807) is 21.6 Å². The van der Waals surface area contributed by atoms with E-state index < -0.39 is 0 Å². The molecule has 0 aliphatic heterocycles. The van der Waals surface area contributed by atoms with E-state index in [-0.39, 0.29) is 5.91 Å². The molecule has 0 bridgehead atoms. The molecule has 4 heterocycles. The van der Waals surface area contributed by atoms with E-state index in [4.69, 9.17) is 5.10 Å². The third-order valence-corrected chi connectivity index (χ3v) is 5.14. The summed E-state index contributed by atoms with van der Waals surface area (Å²) >= 11 is 0. The zero-order valence-corrected chi connectivity index (χ0v) is 17.6. The zero-order valence-electron chi connectivity index (χ0n) is 17.6. The number of H-pyrrole nitrogens is 1. The quantitative estimate of drug-likeness (QED) is 0.447. The minimum atomic E-state index is -0.304. The summed E-state index contributed by atoms with van der Waals surface area (Å²) in [5, 5.41) is 18.7. The van der Waals surface area contributed by atoms with Crippen molar-refractivity contribution in [1.82, 2.24) is 34.6 Å². The second kappa shape index (κ2) is 7.62. The maximum atomic E-state index is 12.4. The minimum absolute atomic E-state index is 0.304. The van der Waals surface area contributed by atoms with Gasteiger partial charge >= 0.3 is 0 Å². The van der Waals surface area contributed by atoms with Crippen LogP contribution in [0.5, 0.6) is 0 Å². The van der Waals surface area contributed by atoms with Gasteiger partial charge in [0.2, 0.25) is 0 Å². The Balaban J connectivity index is 1.48. The van der Waals surface area contributed by atoms with Gasteiger partial charge in [0.1, 0.15) is 11.4 Å². The molecule has 0 aliphatic carbocycles. The summed E-state index contributed by atoms with van der Waals surface area (Å²) in [5.41, 5.74) is 6.28. The molecular formula is C23H20N8O. The molecule has 1 aromatic carbocycles. The van der Waals surface area contributed by atoms with Crippen molar-refractivity contribution in [1.29, 1.82) is 0 Å². The number of hydrogen-bond donors (Lipinski definition) is 2. The second-order valence-electron chi connectivity index (χ2n) is 7.42. The van der Waals surface area contributed by atoms with E-state index in [2.05, 4.69) is 32.2 Å². The molecular weight excluding hydrogens is 404 g/mol. The van der Waals surface area contributed by atoms with Gasteiger partial charge in [-0.15, -0.1) is 0 Å². The summed E-state index contributed by atoms with van der Waals surface area (Å²) in [5.74, 6) is 0.0984. The fourth-order valence-corrected chi connectivity index (χ4v) is 3.51. The van der Waals surface area contributed by atoms with Crippen LogP contribution >= 0.6 is 0 Å². The van der Waals surface area contributed by atoms with Gasteiger partial charge < -0.3 is 5.32 Å². The lowest BCUT2D eigenvalue weighted by molar-refractivity contribution is 0.102. The fraction of sp³-hybridized carbons (Fsp3) is 0.0870. The topological polar surface area (TPSA) is 106 Å². The molecule has 158 valence electrons. The van der Waals surface area contributed by atoms with Crippen molar-refractivity contribution in [3.8, 4) is 22.5 Å². The smallest absolute Gasteiger partial charge is 0.275 e. The Bertz CT molecular complexity index is 1460. The number of nitrogens with one attached hydrogen (secondary N) is 2. The lowest BCUT2D eigenvalue weighted by atomic mass is 10.0. The van der Waals surface area contributed by atoms with E-state index >= 15 is 0 Å². The predicted molar refractivity (Wildman–Crippen MR) is 122 cm³/mol. The average Bonchev–Trinajstić information content (AvgIpc) is 3.50. The summed E-state index contributed by atoms with van der Waals surface area (Å²) in [6.45, 7) is 5.61. The summed E-state index contributed by atoms with van der Waals surface area (Å²) in [4.78, 5) is 16.9. The van der Waals surface area contributed by atoms with Crippen molar-refractivity contribution < 1.29 is 4.79 Å². The first-order valence-electron chi connectivity index (χ1n) is 9.96. The lowest BCUT2D eigenvalue weighted by Gasteiger charge is -2.03. The highest BCUT2D eigenvalue weighted by Crippen LogP contribution is 2.30. The molecule has 5 aromatic rings. The molecule has 9 nitrogen and oxygen atoms in total. The van der Waals surface area contributed by atoms with E-state index in [1.807, 2.05) is 62.6 Å². The van der Waals surface area contributed by atoms with Crippen LogP contribution in [0, 0.1) is 6.92 Å². The Morgan fingerprint density at radius 2 is 1.94 bits per heavy atom. The zero-order chi connectivity index (χ0) is 22.2. The molecule has 0 spiro atoms. The number of amides is 1. The van der Waals surface area contributed by atoms with Crippen molar-refractivity contribution in [2.45, 2.75) is 6.92 Å². The highest BCUT2D eigenvalue weighted by Gasteiger charge is 2.16. The Morgan fingerprint density at radius 3 is 2.66 bits per heavy atom. The van der Waals surface area contributed by atoms with Crippen LogP contribution in [0.2, 0.25) is 0 Å². The maximum absolute atomic E-state index is 12.4. The molecule has 0 saturated heterocycles. The fourth-order valence-electron chi connectivity index (χ4n) is 3.51. The van der Waals surface area contributed by atoms with Gasteiger partial charge in [0, 0.05) is 24.4 Å². The summed E-state index contributed by atoms with van der Waals surface area (Å²) in [6.07, 6.45) is 7.02. The van der Waals surface area contributed by atoms with Gasteiger partial charge in [-0.3, -0.25) is 14.6 Å². The molecule has 0 aliphatic rings. The molecule has 0 saturated carbocycles. The molecule has 0 fully saturated rings. The molecule has 0 radical (unpaired) electrons. The van der Waals surface area contributed by atoms with Crippen LogP contribution in [0.4, 0.5) is 5.82 Å². The third kappa shape index (κ3) is 3.45. The number of nitrogens with zero attached hydrogens (tertiary/aromatic N) is 6. The van der Waals surface area contributed by atoms with Crippen LogP contribution in [0.25, 0.3) is 34.2 Å². The summed E-state index contributed by atoms with van der Waals surface area (Å²) in [6, 6.07) is 11.8. The molecule has 9 heteroatoms. The molecule has 2 N–H and O–H groups in total. The van der Waals surface area contributed by atoms with E-state index in [9.17, 15) is 4.79 Å². The van der Waals surface area contributed by atoms with E-state index in [1.165, 1.54) is 0 Å². The molecule has 0 atom stereocenters. The van der Waals surface area contributed by atoms with Crippen molar-refractivity contribution in [2.24, 2.45) is 7.05 Å². The number of aromatic amines is 1. The summed E-state index contributed by atoms with van der Waals surface area (Å²) in [7, 11) is 1.88. The van der Waals surface area contributed by atoms with Gasteiger partial charge in [-0.05, 0) is 30.2 Å². The van der Waals surface area contributed by atoms with Crippen LogP contribution in [0.15, 0.2) is 61.6 Å². The number of anilines is 1. The number of rotatable bonds is 5. The molecule has 32 heavy (non-hydrogen) atoms. The van der Waals surface area contributed by atoms with Crippen LogP contribution in [-0.2, 0) is 7.05 Å². The molecule has 4 aromatic heterocycles. The predicted octanol–water partition coefficient (Wildman–Crippen LogP) is 3.72. The van der Waals surface area contributed by atoms with Crippen LogP contribution in [-0.4, -0.2) is 40.5 Å². The number of fused-ring (bicyclic) bond motifs is 1. The van der Waals surface area contributed by atoms with Gasteiger partial charge in [-0.1, -0.05) is 36.9 Å². The first-order chi connectivity index (χ1) is 15.5. The lowest BCUT2D eigenvalue weighted by Crippen LogP contribution is -2.13. The number of carbonyl (C=O) groups excluding carboxylic acids is 1. The number of carbonyl (C=O) groups is 1. The van der Waals surface area contributed by atoms with E-state index in [0.29, 0.717) is 17.2 Å². The van der Waals surface area contributed by atoms with Crippen LogP contribution < -0.4 is 5.32 Å². The maximum Gasteiger partial charge on any atom is 0.275 e. The van der Waals surface area contributed by atoms with Crippen molar-refractivity contribution in [3.63, 3.8) is 0 Å². The normalized spacial score (nSPS) is 11.1. The minimum Gasteiger partial charge on any atom is -0.304 e. The molecule has 0 unspecified atom stereocenters. The number of aromatic nitrogens is 7. The second-order valence-corrected chi connectivity index (χ2v) is 7.42. The monoisotopic (exact) mass is 424 g/mol. The number of aryl methyl sites for hydroxylation is 2.